The SMILES string of the molecule is CCO[C@H](/C=C/C(=O)Nc1ccccc1N)[C@H](OC(=O)Nc1ccc(C(C)=O)cc1)c1ccc(O)c(F)c1. The number of Topliss-reactive ketones (excluding diaryl/α,β-unsaturated/α-hetero) is 1. The van der Waals surface area contributed by atoms with Gasteiger partial charge in [-0.1, -0.05) is 18.2 Å². The molecule has 198 valence electrons. The molecule has 0 bridgehead atoms. The summed E-state index contributed by atoms with van der Waals surface area (Å²) in [5.41, 5.74) is 7.67. The van der Waals surface area contributed by atoms with Crippen LogP contribution in [0.2, 0.25) is 0 Å². The van der Waals surface area contributed by atoms with Gasteiger partial charge in [-0.05, 0) is 74.0 Å². The number of nitrogens with one attached hydrogen (secondary N) is 2. The highest BCUT2D eigenvalue weighted by Gasteiger charge is 2.27. The molecule has 10 heteroatoms. The van der Waals surface area contributed by atoms with Crippen LogP contribution >= 0.6 is 0 Å². The van der Waals surface area contributed by atoms with Gasteiger partial charge in [-0.3, -0.25) is 14.9 Å². The summed E-state index contributed by atoms with van der Waals surface area (Å²) in [5, 5.41) is 14.8. The largest absolute Gasteiger partial charge is 0.505 e. The lowest BCUT2D eigenvalue weighted by Crippen LogP contribution is -2.28. The summed E-state index contributed by atoms with van der Waals surface area (Å²) in [5.74, 6) is -2.14. The lowest BCUT2D eigenvalue weighted by molar-refractivity contribution is -0.112. The number of ether oxygens (including phenoxy) is 2. The number of carbonyl (C=O) groups excluding carboxylic acids is 3. The Kier molecular flexibility index (Phi) is 9.55. The number of nitrogen functional groups attached to an aromatic ring is 1. The van der Waals surface area contributed by atoms with Crippen LogP contribution in [0.1, 0.15) is 35.9 Å². The molecule has 0 saturated carbocycles. The molecule has 0 aliphatic heterocycles. The van der Waals surface area contributed by atoms with Crippen LogP contribution in [0.4, 0.5) is 26.2 Å². The number of phenols is 1. The molecule has 2 amide bonds. The van der Waals surface area contributed by atoms with Crippen molar-refractivity contribution in [2.75, 3.05) is 23.0 Å². The minimum absolute atomic E-state index is 0.126. The van der Waals surface area contributed by atoms with E-state index in [-0.39, 0.29) is 18.0 Å². The number of benzene rings is 3. The van der Waals surface area contributed by atoms with Crippen LogP contribution in [0.3, 0.4) is 0 Å². The molecular formula is C28H28FN3O6. The van der Waals surface area contributed by atoms with E-state index < -0.39 is 35.8 Å². The Morgan fingerprint density at radius 2 is 1.76 bits per heavy atom. The van der Waals surface area contributed by atoms with Crippen LogP contribution in [-0.4, -0.2) is 35.6 Å². The summed E-state index contributed by atoms with van der Waals surface area (Å²) in [6.45, 7) is 3.31. The summed E-state index contributed by atoms with van der Waals surface area (Å²) in [7, 11) is 0. The molecule has 9 nitrogen and oxygen atoms in total. The predicted molar refractivity (Wildman–Crippen MR) is 141 cm³/mol. The summed E-state index contributed by atoms with van der Waals surface area (Å²) in [6, 6.07) is 16.4. The minimum atomic E-state index is -1.20. The molecule has 0 spiro atoms. The molecule has 0 aliphatic rings. The second kappa shape index (κ2) is 13.0. The van der Waals surface area contributed by atoms with Crippen molar-refractivity contribution >= 4 is 34.8 Å². The fraction of sp³-hybridized carbons (Fsp3) is 0.179. The maximum atomic E-state index is 14.2. The van der Waals surface area contributed by atoms with Crippen molar-refractivity contribution in [2.24, 2.45) is 0 Å². The fourth-order valence-corrected chi connectivity index (χ4v) is 3.48. The van der Waals surface area contributed by atoms with E-state index >= 15 is 0 Å². The summed E-state index contributed by atoms with van der Waals surface area (Å²) in [4.78, 5) is 36.8. The normalized spacial score (nSPS) is 12.5. The summed E-state index contributed by atoms with van der Waals surface area (Å²) >= 11 is 0. The molecule has 0 fully saturated rings. The monoisotopic (exact) mass is 521 g/mol. The first-order valence-corrected chi connectivity index (χ1v) is 11.7. The molecule has 0 heterocycles. The van der Waals surface area contributed by atoms with Crippen LogP contribution < -0.4 is 16.4 Å². The van der Waals surface area contributed by atoms with E-state index in [1.54, 1.807) is 43.3 Å². The summed E-state index contributed by atoms with van der Waals surface area (Å²) < 4.78 is 25.5. The number of amides is 2. The van der Waals surface area contributed by atoms with Gasteiger partial charge in [-0.25, -0.2) is 9.18 Å². The van der Waals surface area contributed by atoms with Crippen LogP contribution in [0.5, 0.6) is 5.75 Å². The van der Waals surface area contributed by atoms with Crippen molar-refractivity contribution in [1.29, 1.82) is 0 Å². The third-order valence-electron chi connectivity index (χ3n) is 5.39. The van der Waals surface area contributed by atoms with Gasteiger partial charge in [-0.15, -0.1) is 0 Å². The molecule has 3 aromatic carbocycles. The Hall–Kier alpha value is -4.70. The highest BCUT2D eigenvalue weighted by atomic mass is 19.1. The van der Waals surface area contributed by atoms with E-state index in [1.165, 1.54) is 37.3 Å². The van der Waals surface area contributed by atoms with Crippen molar-refractivity contribution in [2.45, 2.75) is 26.1 Å². The summed E-state index contributed by atoms with van der Waals surface area (Å²) in [6.07, 6.45) is -0.527. The van der Waals surface area contributed by atoms with Crippen molar-refractivity contribution in [3.05, 3.63) is 95.8 Å². The number of phenolic OH excluding ortho intramolecular Hbond substituents is 1. The van der Waals surface area contributed by atoms with Crippen molar-refractivity contribution < 1.29 is 33.4 Å². The first-order chi connectivity index (χ1) is 18.2. The zero-order valence-corrected chi connectivity index (χ0v) is 20.8. The topological polar surface area (TPSA) is 140 Å². The molecule has 3 rings (SSSR count). The number of nitrogens with two attached hydrogens (primary N) is 1. The molecule has 3 aromatic rings. The molecule has 5 N–H and O–H groups in total. The quantitative estimate of drug-likeness (QED) is 0.163. The molecule has 2 atom stereocenters. The highest BCUT2D eigenvalue weighted by molar-refractivity contribution is 6.01. The Balaban J connectivity index is 1.84. The average molecular weight is 522 g/mol. The Labute approximate surface area is 219 Å². The predicted octanol–water partition coefficient (Wildman–Crippen LogP) is 5.21. The number of aromatic hydroxyl groups is 1. The number of ketones is 1. The molecule has 0 radical (unpaired) electrons. The number of halogens is 1. The molecule has 38 heavy (non-hydrogen) atoms. The molecule has 0 unspecified atom stereocenters. The van der Waals surface area contributed by atoms with Crippen molar-refractivity contribution in [3.8, 4) is 5.75 Å². The number of para-hydroxylation sites is 2. The molecule has 0 saturated heterocycles. The fourth-order valence-electron chi connectivity index (χ4n) is 3.48. The van der Waals surface area contributed by atoms with Gasteiger partial charge in [-0.2, -0.15) is 0 Å². The zero-order valence-electron chi connectivity index (χ0n) is 20.8. The van der Waals surface area contributed by atoms with Crippen LogP contribution in [0.15, 0.2) is 78.9 Å². The van der Waals surface area contributed by atoms with E-state index in [0.717, 1.165) is 12.1 Å². The lowest BCUT2D eigenvalue weighted by atomic mass is 10.0. The standard InChI is InChI=1S/C28H28FN3O6/c1-3-37-25(14-15-26(35)32-23-7-5-4-6-22(23)30)27(19-10-13-24(34)21(29)16-19)38-28(36)31-20-11-8-18(9-12-20)17(2)33/h4-16,25,27,34H,3,30H2,1-2H3,(H,31,36)(H,32,35)/b15-14+/t25-,27-/m1/s1. The average Bonchev–Trinajstić information content (AvgIpc) is 2.88. The lowest BCUT2D eigenvalue weighted by Gasteiger charge is -2.25. The third-order valence-corrected chi connectivity index (χ3v) is 5.39. The zero-order chi connectivity index (χ0) is 27.7. The van der Waals surface area contributed by atoms with Gasteiger partial charge < -0.3 is 25.6 Å². The number of rotatable bonds is 10. The number of anilines is 3. The van der Waals surface area contributed by atoms with Crippen molar-refractivity contribution in [1.82, 2.24) is 0 Å². The van der Waals surface area contributed by atoms with Gasteiger partial charge in [0.2, 0.25) is 5.91 Å². The maximum Gasteiger partial charge on any atom is 0.412 e. The Morgan fingerprint density at radius 3 is 2.39 bits per heavy atom. The van der Waals surface area contributed by atoms with Crippen LogP contribution in [-0.2, 0) is 14.3 Å². The van der Waals surface area contributed by atoms with Crippen LogP contribution in [0.25, 0.3) is 0 Å². The van der Waals surface area contributed by atoms with Gasteiger partial charge >= 0.3 is 6.09 Å². The second-order valence-electron chi connectivity index (χ2n) is 8.15. The van der Waals surface area contributed by atoms with E-state index in [4.69, 9.17) is 15.2 Å². The number of hydrogen-bond acceptors (Lipinski definition) is 7. The Bertz CT molecular complexity index is 1330. The second-order valence-corrected chi connectivity index (χ2v) is 8.15. The first kappa shape index (κ1) is 27.9. The Morgan fingerprint density at radius 1 is 1.05 bits per heavy atom. The van der Waals surface area contributed by atoms with Gasteiger partial charge in [0.25, 0.3) is 0 Å². The highest BCUT2D eigenvalue weighted by Crippen LogP contribution is 2.29. The van der Waals surface area contributed by atoms with Crippen molar-refractivity contribution in [3.63, 3.8) is 0 Å². The third kappa shape index (κ3) is 7.65. The minimum Gasteiger partial charge on any atom is -0.505 e. The molecular weight excluding hydrogens is 493 g/mol. The number of hydrogen-bond donors (Lipinski definition) is 4. The molecule has 0 aromatic heterocycles. The van der Waals surface area contributed by atoms with Gasteiger partial charge in [0.15, 0.2) is 23.5 Å². The smallest absolute Gasteiger partial charge is 0.412 e. The van der Waals surface area contributed by atoms with E-state index in [9.17, 15) is 23.9 Å². The van der Waals surface area contributed by atoms with E-state index in [2.05, 4.69) is 10.6 Å². The van der Waals surface area contributed by atoms with Gasteiger partial charge in [0.05, 0.1) is 11.4 Å². The maximum absolute atomic E-state index is 14.2. The molecule has 0 aliphatic carbocycles. The first-order valence-electron chi connectivity index (χ1n) is 11.7. The van der Waals surface area contributed by atoms with Gasteiger partial charge in [0.1, 0.15) is 6.10 Å². The number of carbonyl (C=O) groups is 3. The van der Waals surface area contributed by atoms with E-state index in [1.807, 2.05) is 0 Å². The van der Waals surface area contributed by atoms with Gasteiger partial charge in [0, 0.05) is 23.9 Å². The van der Waals surface area contributed by atoms with E-state index in [0.29, 0.717) is 22.6 Å². The van der Waals surface area contributed by atoms with Crippen LogP contribution in [0, 0.1) is 5.82 Å².